The highest BCUT2D eigenvalue weighted by atomic mass is 15.1. The van der Waals surface area contributed by atoms with Crippen LogP contribution in [-0.2, 0) is 0 Å². The van der Waals surface area contributed by atoms with E-state index in [4.69, 9.17) is 0 Å². The summed E-state index contributed by atoms with van der Waals surface area (Å²) >= 11 is 0. The summed E-state index contributed by atoms with van der Waals surface area (Å²) in [6.07, 6.45) is 2.90. The Morgan fingerprint density at radius 2 is 2.10 bits per heavy atom. The molecule has 0 aromatic rings. The number of hydrogen-bond donors (Lipinski definition) is 2. The second-order valence-electron chi connectivity index (χ2n) is 2.05. The van der Waals surface area contributed by atoms with E-state index in [9.17, 15) is 0 Å². The molecule has 1 aliphatic heterocycles. The third-order valence-electron chi connectivity index (χ3n) is 1.24. The van der Waals surface area contributed by atoms with Gasteiger partial charge in [-0.05, 0) is 13.0 Å². The molecule has 0 unspecified atom stereocenters. The smallest absolute Gasteiger partial charge is 0.287 e. The summed E-state index contributed by atoms with van der Waals surface area (Å²) in [5, 5.41) is 5.89. The summed E-state index contributed by atoms with van der Waals surface area (Å²) < 4.78 is 2.03. The first-order valence-corrected chi connectivity index (χ1v) is 3.30. The van der Waals surface area contributed by atoms with Crippen LogP contribution in [0.5, 0.6) is 0 Å². The molecular formula is C4H9B3N3. The van der Waals surface area contributed by atoms with Crippen LogP contribution in [0, 0.1) is 0 Å². The third kappa shape index (κ3) is 2.60. The van der Waals surface area contributed by atoms with Gasteiger partial charge in [0.2, 0.25) is 0 Å². The predicted octanol–water partition coefficient (Wildman–Crippen LogP) is -1.34. The molecule has 0 aliphatic carbocycles. The minimum atomic E-state index is 0.970. The van der Waals surface area contributed by atoms with Crippen molar-refractivity contribution in [2.45, 2.75) is 6.42 Å². The van der Waals surface area contributed by atoms with Gasteiger partial charge < -0.3 is 15.0 Å². The van der Waals surface area contributed by atoms with Crippen molar-refractivity contribution >= 4 is 22.6 Å². The van der Waals surface area contributed by atoms with Crippen LogP contribution in [0.3, 0.4) is 0 Å². The predicted molar refractivity (Wildman–Crippen MR) is 45.1 cm³/mol. The van der Waals surface area contributed by atoms with Crippen molar-refractivity contribution < 1.29 is 0 Å². The monoisotopic (exact) mass is 132 g/mol. The zero-order valence-corrected chi connectivity index (χ0v) is 5.88. The lowest BCUT2D eigenvalue weighted by Gasteiger charge is -2.24. The standard InChI is InChI=1S/C4H9B3N3/c1-2-3-4-10-6-8-5-9-7-10/h2,8-9H,1,3-4H2. The van der Waals surface area contributed by atoms with Crippen LogP contribution < -0.4 is 10.3 Å². The second kappa shape index (κ2) is 4.60. The first-order chi connectivity index (χ1) is 4.93. The molecule has 0 bridgehead atoms. The molecule has 1 saturated heterocycles. The van der Waals surface area contributed by atoms with Crippen LogP contribution in [0.2, 0.25) is 0 Å². The van der Waals surface area contributed by atoms with Gasteiger partial charge in [-0.25, -0.2) is 0 Å². The highest BCUT2D eigenvalue weighted by Crippen LogP contribution is 1.86. The molecule has 0 aromatic heterocycles. The molecular weight excluding hydrogens is 123 g/mol. The number of nitrogens with one attached hydrogen (secondary N) is 2. The van der Waals surface area contributed by atoms with E-state index in [0.717, 1.165) is 13.0 Å². The maximum atomic E-state index is 3.64. The molecule has 0 spiro atoms. The van der Waals surface area contributed by atoms with E-state index in [0.29, 0.717) is 0 Å². The molecule has 49 valence electrons. The number of rotatable bonds is 3. The Morgan fingerprint density at radius 1 is 1.40 bits per heavy atom. The normalized spacial score (nSPS) is 18.4. The minimum absolute atomic E-state index is 0.970. The fourth-order valence-electron chi connectivity index (χ4n) is 0.721. The zero-order chi connectivity index (χ0) is 7.23. The highest BCUT2D eigenvalue weighted by Gasteiger charge is 2.11. The Hall–Kier alpha value is -0.185. The molecule has 6 heteroatoms. The van der Waals surface area contributed by atoms with Gasteiger partial charge in [0.05, 0.1) is 0 Å². The maximum Gasteiger partial charge on any atom is 0.287 e. The lowest BCUT2D eigenvalue weighted by molar-refractivity contribution is 0.658. The van der Waals surface area contributed by atoms with E-state index in [1.165, 1.54) is 0 Å². The van der Waals surface area contributed by atoms with Crippen molar-refractivity contribution in [1.29, 1.82) is 0 Å². The Labute approximate surface area is 64.1 Å². The van der Waals surface area contributed by atoms with E-state index < -0.39 is 0 Å². The highest BCUT2D eigenvalue weighted by molar-refractivity contribution is 6.65. The van der Waals surface area contributed by atoms with Gasteiger partial charge in [0, 0.05) is 0 Å². The number of nitrogens with zero attached hydrogens (tertiary/aromatic N) is 1. The van der Waals surface area contributed by atoms with Crippen LogP contribution in [0.4, 0.5) is 0 Å². The van der Waals surface area contributed by atoms with E-state index in [2.05, 4.69) is 16.9 Å². The molecule has 3 radical (unpaired) electrons. The van der Waals surface area contributed by atoms with E-state index in [1.807, 2.05) is 25.9 Å². The molecule has 2 N–H and O–H groups in total. The molecule has 0 amide bonds. The topological polar surface area (TPSA) is 27.3 Å². The third-order valence-corrected chi connectivity index (χ3v) is 1.24. The summed E-state index contributed by atoms with van der Waals surface area (Å²) in [6, 6.07) is 0. The van der Waals surface area contributed by atoms with Crippen LogP contribution in [-0.4, -0.2) is 33.9 Å². The fourth-order valence-corrected chi connectivity index (χ4v) is 0.721. The first kappa shape index (κ1) is 7.92. The van der Waals surface area contributed by atoms with E-state index >= 15 is 0 Å². The zero-order valence-electron chi connectivity index (χ0n) is 5.88. The average molecular weight is 132 g/mol. The van der Waals surface area contributed by atoms with Gasteiger partial charge in [-0.2, -0.15) is 0 Å². The Balaban J connectivity index is 2.07. The average Bonchev–Trinajstić information content (AvgIpc) is 2.03. The van der Waals surface area contributed by atoms with Gasteiger partial charge in [-0.15, -0.1) is 6.58 Å². The molecule has 3 nitrogen and oxygen atoms in total. The van der Waals surface area contributed by atoms with Gasteiger partial charge in [0.25, 0.3) is 22.6 Å². The first-order valence-electron chi connectivity index (χ1n) is 3.30. The molecule has 1 fully saturated rings. The maximum absolute atomic E-state index is 3.64. The Bertz CT molecular complexity index is 104. The van der Waals surface area contributed by atoms with Crippen molar-refractivity contribution in [3.63, 3.8) is 0 Å². The van der Waals surface area contributed by atoms with Gasteiger partial charge >= 0.3 is 0 Å². The largest absolute Gasteiger partial charge is 0.379 e. The second-order valence-corrected chi connectivity index (χ2v) is 2.05. The van der Waals surface area contributed by atoms with Crippen molar-refractivity contribution in [2.75, 3.05) is 6.54 Å². The van der Waals surface area contributed by atoms with Crippen molar-refractivity contribution in [1.82, 2.24) is 15.0 Å². The van der Waals surface area contributed by atoms with Gasteiger partial charge in [-0.3, -0.25) is 0 Å². The van der Waals surface area contributed by atoms with Crippen LogP contribution in [0.1, 0.15) is 6.42 Å². The summed E-state index contributed by atoms with van der Waals surface area (Å²) in [4.78, 5) is 0. The summed E-state index contributed by atoms with van der Waals surface area (Å²) in [5.74, 6) is 0. The molecule has 10 heavy (non-hydrogen) atoms. The van der Waals surface area contributed by atoms with E-state index in [-0.39, 0.29) is 0 Å². The quantitative estimate of drug-likeness (QED) is 0.367. The van der Waals surface area contributed by atoms with Crippen molar-refractivity contribution in [3.8, 4) is 0 Å². The molecule has 0 saturated carbocycles. The Morgan fingerprint density at radius 3 is 2.70 bits per heavy atom. The molecule has 1 heterocycles. The lowest BCUT2D eigenvalue weighted by atomic mass is 9.81. The van der Waals surface area contributed by atoms with E-state index in [1.54, 1.807) is 7.55 Å². The fraction of sp³-hybridized carbons (Fsp3) is 0.500. The molecule has 0 aromatic carbocycles. The van der Waals surface area contributed by atoms with Crippen LogP contribution in [0.15, 0.2) is 12.7 Å². The molecule has 1 rings (SSSR count). The summed E-state index contributed by atoms with van der Waals surface area (Å²) in [7, 11) is 5.57. The number of hydrogen-bond acceptors (Lipinski definition) is 3. The molecule has 0 atom stereocenters. The van der Waals surface area contributed by atoms with Crippen molar-refractivity contribution in [2.24, 2.45) is 0 Å². The van der Waals surface area contributed by atoms with Crippen LogP contribution >= 0.6 is 0 Å². The summed E-state index contributed by atoms with van der Waals surface area (Å²) in [6.45, 7) is 4.61. The van der Waals surface area contributed by atoms with Gasteiger partial charge in [0.1, 0.15) is 0 Å². The van der Waals surface area contributed by atoms with Crippen LogP contribution in [0.25, 0.3) is 0 Å². The minimum Gasteiger partial charge on any atom is -0.379 e. The van der Waals surface area contributed by atoms with Gasteiger partial charge in [0.15, 0.2) is 0 Å². The molecule has 1 aliphatic rings. The van der Waals surface area contributed by atoms with Gasteiger partial charge in [-0.1, -0.05) is 6.08 Å². The lowest BCUT2D eigenvalue weighted by Crippen LogP contribution is -2.57. The SMILES string of the molecule is C=CCCN1[B]N[B]N[B]1. The van der Waals surface area contributed by atoms with Crippen molar-refractivity contribution in [3.05, 3.63) is 12.7 Å². The summed E-state index contributed by atoms with van der Waals surface area (Å²) in [5.41, 5.74) is 0. The Kier molecular flexibility index (Phi) is 3.64.